The summed E-state index contributed by atoms with van der Waals surface area (Å²) in [5, 5.41) is 0. The zero-order valence-corrected chi connectivity index (χ0v) is 5.39. The molecule has 0 spiro atoms. The fourth-order valence-corrected chi connectivity index (χ4v) is 0.282. The SMILES string of the molecule is Cn1c[c-]nc1.[V]. The molecule has 3 heteroatoms. The van der Waals surface area contributed by atoms with Crippen LogP contribution in [0.3, 0.4) is 0 Å². The van der Waals surface area contributed by atoms with Crippen molar-refractivity contribution in [3.05, 3.63) is 18.7 Å². The Morgan fingerprint density at radius 2 is 2.43 bits per heavy atom. The fraction of sp³-hybridized carbons (Fsp3) is 0.250. The van der Waals surface area contributed by atoms with Gasteiger partial charge in [0.25, 0.3) is 0 Å². The maximum atomic E-state index is 3.66. The van der Waals surface area contributed by atoms with Crippen molar-refractivity contribution in [3.8, 4) is 0 Å². The molecule has 0 N–H and O–H groups in total. The fourth-order valence-electron chi connectivity index (χ4n) is 0.282. The summed E-state index contributed by atoms with van der Waals surface area (Å²) >= 11 is 0. The zero-order chi connectivity index (χ0) is 4.41. The summed E-state index contributed by atoms with van der Waals surface area (Å²) in [6.45, 7) is 0. The average molecular weight is 132 g/mol. The first-order valence-electron chi connectivity index (χ1n) is 1.73. The average Bonchev–Trinajstić information content (AvgIpc) is 1.86. The number of hydrogen-bond acceptors (Lipinski definition) is 1. The molecule has 0 aliphatic rings. The Kier molecular flexibility index (Phi) is 2.80. The van der Waals surface area contributed by atoms with Gasteiger partial charge in [-0.25, -0.2) is 0 Å². The van der Waals surface area contributed by atoms with E-state index in [2.05, 4.69) is 11.2 Å². The molecule has 37 valence electrons. The van der Waals surface area contributed by atoms with Crippen molar-refractivity contribution in [2.24, 2.45) is 7.05 Å². The van der Waals surface area contributed by atoms with Gasteiger partial charge in [-0.3, -0.25) is 0 Å². The molecule has 1 aromatic rings. The van der Waals surface area contributed by atoms with Crippen LogP contribution in [-0.4, -0.2) is 9.55 Å². The van der Waals surface area contributed by atoms with Gasteiger partial charge in [-0.05, 0) is 7.05 Å². The topological polar surface area (TPSA) is 17.8 Å². The van der Waals surface area contributed by atoms with Gasteiger partial charge in [-0.15, -0.1) is 6.20 Å². The van der Waals surface area contributed by atoms with Crippen molar-refractivity contribution in [2.45, 2.75) is 0 Å². The van der Waals surface area contributed by atoms with Gasteiger partial charge in [0.05, 0.1) is 0 Å². The van der Waals surface area contributed by atoms with Gasteiger partial charge in [-0.1, -0.05) is 12.5 Å². The van der Waals surface area contributed by atoms with E-state index in [1.54, 1.807) is 12.5 Å². The quantitative estimate of drug-likeness (QED) is 0.461. The number of imidazole rings is 1. The Morgan fingerprint density at radius 1 is 1.71 bits per heavy atom. The third-order valence-electron chi connectivity index (χ3n) is 0.576. The van der Waals surface area contributed by atoms with Gasteiger partial charge in [0.15, 0.2) is 0 Å². The van der Waals surface area contributed by atoms with E-state index in [0.29, 0.717) is 0 Å². The Hall–Kier alpha value is -0.206. The maximum Gasteiger partial charge on any atom is 0 e. The van der Waals surface area contributed by atoms with Gasteiger partial charge >= 0.3 is 0 Å². The van der Waals surface area contributed by atoms with Crippen molar-refractivity contribution in [3.63, 3.8) is 0 Å². The summed E-state index contributed by atoms with van der Waals surface area (Å²) < 4.78 is 1.83. The first-order chi connectivity index (χ1) is 2.89. The summed E-state index contributed by atoms with van der Waals surface area (Å²) in [5.41, 5.74) is 0. The van der Waals surface area contributed by atoms with E-state index < -0.39 is 0 Å². The molecule has 0 bridgehead atoms. The molecule has 2 nitrogen and oxygen atoms in total. The van der Waals surface area contributed by atoms with Crippen LogP contribution in [0.25, 0.3) is 0 Å². The first-order valence-corrected chi connectivity index (χ1v) is 1.73. The van der Waals surface area contributed by atoms with Crippen molar-refractivity contribution in [2.75, 3.05) is 0 Å². The normalized spacial score (nSPS) is 7.57. The molecule has 0 fully saturated rings. The minimum Gasteiger partial charge on any atom is -0.442 e. The van der Waals surface area contributed by atoms with Crippen LogP contribution in [0, 0.1) is 6.20 Å². The molecular weight excluding hydrogens is 127 g/mol. The third-order valence-corrected chi connectivity index (χ3v) is 0.576. The summed E-state index contributed by atoms with van der Waals surface area (Å²) in [5.74, 6) is 0. The Labute approximate surface area is 54.4 Å². The monoisotopic (exact) mass is 132 g/mol. The van der Waals surface area contributed by atoms with Gasteiger partial charge in [0.2, 0.25) is 0 Å². The van der Waals surface area contributed by atoms with Crippen LogP contribution in [0.1, 0.15) is 0 Å². The van der Waals surface area contributed by atoms with Gasteiger partial charge in [-0.2, -0.15) is 0 Å². The van der Waals surface area contributed by atoms with Crippen LogP contribution in [0.15, 0.2) is 12.5 Å². The van der Waals surface area contributed by atoms with Crippen LogP contribution in [0.5, 0.6) is 0 Å². The standard InChI is InChI=1S/C4H5N2.V/c1-6-3-2-5-4-6;/h3-4H,1H3;/q-1;. The molecular formula is C4H5N2V-. The van der Waals surface area contributed by atoms with Crippen molar-refractivity contribution >= 4 is 0 Å². The van der Waals surface area contributed by atoms with E-state index in [4.69, 9.17) is 0 Å². The molecule has 7 heavy (non-hydrogen) atoms. The van der Waals surface area contributed by atoms with Crippen LogP contribution in [-0.2, 0) is 25.6 Å². The molecule has 1 rings (SSSR count). The number of nitrogens with zero attached hydrogens (tertiary/aromatic N) is 2. The molecule has 1 aromatic heterocycles. The van der Waals surface area contributed by atoms with E-state index in [0.717, 1.165) is 0 Å². The number of aromatic nitrogens is 2. The van der Waals surface area contributed by atoms with E-state index in [1.165, 1.54) is 0 Å². The van der Waals surface area contributed by atoms with Crippen LogP contribution in [0.4, 0.5) is 0 Å². The Morgan fingerprint density at radius 3 is 2.57 bits per heavy atom. The largest absolute Gasteiger partial charge is 0.442 e. The molecule has 0 aliphatic heterocycles. The second-order valence-corrected chi connectivity index (χ2v) is 1.17. The number of rotatable bonds is 0. The van der Waals surface area contributed by atoms with Crippen LogP contribution < -0.4 is 0 Å². The Balaban J connectivity index is 0.000000360. The van der Waals surface area contributed by atoms with Crippen molar-refractivity contribution in [1.29, 1.82) is 0 Å². The second-order valence-electron chi connectivity index (χ2n) is 1.17. The predicted octanol–water partition coefficient (Wildman–Crippen LogP) is 0.218. The summed E-state index contributed by atoms with van der Waals surface area (Å²) in [6.07, 6.45) is 6.10. The molecule has 0 aromatic carbocycles. The molecule has 0 saturated carbocycles. The number of aryl methyl sites for hydroxylation is 1. The maximum absolute atomic E-state index is 3.66. The molecule has 1 heterocycles. The van der Waals surface area contributed by atoms with Crippen LogP contribution >= 0.6 is 0 Å². The van der Waals surface area contributed by atoms with Crippen molar-refractivity contribution < 1.29 is 18.6 Å². The minimum atomic E-state index is 0. The predicted molar refractivity (Wildman–Crippen MR) is 22.0 cm³/mol. The molecule has 0 saturated heterocycles. The summed E-state index contributed by atoms with van der Waals surface area (Å²) in [6, 6.07) is 0. The summed E-state index contributed by atoms with van der Waals surface area (Å²) in [4.78, 5) is 3.66. The smallest absolute Gasteiger partial charge is 0 e. The molecule has 0 unspecified atom stereocenters. The molecule has 0 aliphatic carbocycles. The zero-order valence-electron chi connectivity index (χ0n) is 4.00. The van der Waals surface area contributed by atoms with Crippen molar-refractivity contribution in [1.82, 2.24) is 9.55 Å². The van der Waals surface area contributed by atoms with E-state index >= 15 is 0 Å². The summed E-state index contributed by atoms with van der Waals surface area (Å²) in [7, 11) is 1.91. The van der Waals surface area contributed by atoms with Gasteiger partial charge in [0, 0.05) is 18.6 Å². The van der Waals surface area contributed by atoms with E-state index in [9.17, 15) is 0 Å². The van der Waals surface area contributed by atoms with Crippen LogP contribution in [0.2, 0.25) is 0 Å². The minimum absolute atomic E-state index is 0. The molecule has 0 amide bonds. The third kappa shape index (κ3) is 1.81. The van der Waals surface area contributed by atoms with E-state index in [1.807, 2.05) is 11.6 Å². The molecule has 1 radical (unpaired) electrons. The van der Waals surface area contributed by atoms with E-state index in [-0.39, 0.29) is 18.6 Å². The van der Waals surface area contributed by atoms with Gasteiger partial charge in [0.1, 0.15) is 0 Å². The van der Waals surface area contributed by atoms with Gasteiger partial charge < -0.3 is 9.55 Å². The Bertz CT molecular complexity index is 113. The number of hydrogen-bond donors (Lipinski definition) is 0. The molecule has 0 atom stereocenters. The second kappa shape index (κ2) is 2.89. The first kappa shape index (κ1) is 6.79.